The number of hydrogen-bond donors (Lipinski definition) is 0. The molecule has 0 amide bonds. The molecule has 0 aliphatic heterocycles. The van der Waals surface area contributed by atoms with Crippen LogP contribution in [-0.4, -0.2) is 117 Å². The molecular weight excluding hydrogens is 335 g/mol. The first-order valence-corrected chi connectivity index (χ1v) is 3.98. The molecule has 0 aromatic rings. The van der Waals surface area contributed by atoms with Crippen molar-refractivity contribution in [1.82, 2.24) is 0 Å². The third kappa shape index (κ3) is 359. The van der Waals surface area contributed by atoms with Gasteiger partial charge in [0, 0.05) is 0 Å². The monoisotopic (exact) mass is 356 g/mol. The van der Waals surface area contributed by atoms with Crippen molar-refractivity contribution in [2.45, 2.75) is 27.7 Å². The topological polar surface area (TPSA) is 92.2 Å². The van der Waals surface area contributed by atoms with E-state index in [1.807, 2.05) is 0 Å². The SMILES string of the molecule is CC[O-].CC[O-].CC[O-].CC[O-].[Sr+2].[Sr+2]. The van der Waals surface area contributed by atoms with Crippen LogP contribution in [-0.2, 0) is 0 Å². The maximum absolute atomic E-state index is 8.93. The van der Waals surface area contributed by atoms with Gasteiger partial charge in [-0.1, -0.05) is 27.7 Å². The molecule has 0 aliphatic rings. The van der Waals surface area contributed by atoms with E-state index in [1.165, 1.54) is 0 Å². The molecule has 0 spiro atoms. The first-order chi connectivity index (χ1) is 5.66. The minimum atomic E-state index is 0. The van der Waals surface area contributed by atoms with E-state index in [-0.39, 0.29) is 117 Å². The standard InChI is InChI=1S/4C2H5O.2Sr/c4*1-2-3;;/h4*2H2,1H3;;/q4*-1;2*+2. The average molecular weight is 355 g/mol. The van der Waals surface area contributed by atoms with Crippen LogP contribution >= 0.6 is 0 Å². The second-order valence-corrected chi connectivity index (χ2v) is 1.15. The van der Waals surface area contributed by atoms with Gasteiger partial charge in [-0.05, 0) is 0 Å². The molecule has 80 valence electrons. The minimum Gasteiger partial charge on any atom is -0.855 e. The molecule has 0 rings (SSSR count). The van der Waals surface area contributed by atoms with E-state index in [4.69, 9.17) is 20.4 Å². The Morgan fingerprint density at radius 3 is 0.500 bits per heavy atom. The van der Waals surface area contributed by atoms with Gasteiger partial charge < -0.3 is 20.4 Å². The van der Waals surface area contributed by atoms with Gasteiger partial charge in [0.05, 0.1) is 0 Å². The third-order valence-electron chi connectivity index (χ3n) is 0. The maximum Gasteiger partial charge on any atom is 2.00 e. The van der Waals surface area contributed by atoms with E-state index < -0.39 is 0 Å². The second kappa shape index (κ2) is 74.8. The molecule has 0 saturated carbocycles. The summed E-state index contributed by atoms with van der Waals surface area (Å²) in [7, 11) is 0. The second-order valence-electron chi connectivity index (χ2n) is 1.15. The van der Waals surface area contributed by atoms with Crippen molar-refractivity contribution in [3.8, 4) is 0 Å². The summed E-state index contributed by atoms with van der Waals surface area (Å²) in [4.78, 5) is 0. The van der Waals surface area contributed by atoms with Crippen molar-refractivity contribution in [3.63, 3.8) is 0 Å². The molecule has 0 aromatic heterocycles. The molecule has 0 aliphatic carbocycles. The zero-order chi connectivity index (χ0) is 10.8. The van der Waals surface area contributed by atoms with Gasteiger partial charge in [0.2, 0.25) is 0 Å². The largest absolute Gasteiger partial charge is 2.00 e. The summed E-state index contributed by atoms with van der Waals surface area (Å²) < 4.78 is 0. The maximum atomic E-state index is 8.93. The Balaban J connectivity index is -0.0000000145. The van der Waals surface area contributed by atoms with Crippen LogP contribution in [0.1, 0.15) is 27.7 Å². The fourth-order valence-electron chi connectivity index (χ4n) is 0. The Hall–Kier alpha value is 2.80. The van der Waals surface area contributed by atoms with Crippen LogP contribution in [0.3, 0.4) is 0 Å². The van der Waals surface area contributed by atoms with E-state index in [1.54, 1.807) is 27.7 Å². The Morgan fingerprint density at radius 2 is 0.500 bits per heavy atom. The fraction of sp³-hybridized carbons (Fsp3) is 1.00. The molecule has 0 N–H and O–H groups in total. The van der Waals surface area contributed by atoms with Gasteiger partial charge in [0.25, 0.3) is 0 Å². The van der Waals surface area contributed by atoms with Gasteiger partial charge in [0.15, 0.2) is 0 Å². The molecule has 0 aromatic carbocycles. The Morgan fingerprint density at radius 1 is 0.500 bits per heavy atom. The zero-order valence-corrected chi connectivity index (χ0v) is 16.8. The van der Waals surface area contributed by atoms with E-state index in [0.717, 1.165) is 0 Å². The van der Waals surface area contributed by atoms with E-state index >= 15 is 0 Å². The molecule has 0 saturated heterocycles. The van der Waals surface area contributed by atoms with Gasteiger partial charge in [-0.3, -0.25) is 0 Å². The van der Waals surface area contributed by atoms with Crippen LogP contribution in [0.25, 0.3) is 0 Å². The normalized spacial score (nSPS) is 5.14. The van der Waals surface area contributed by atoms with Gasteiger partial charge >= 0.3 is 91.0 Å². The summed E-state index contributed by atoms with van der Waals surface area (Å²) in [5, 5.41) is 35.7. The molecule has 14 heavy (non-hydrogen) atoms. The molecule has 0 atom stereocenters. The molecule has 6 heteroatoms. The molecule has 0 heterocycles. The van der Waals surface area contributed by atoms with Crippen LogP contribution < -0.4 is 20.4 Å². The Bertz CT molecular complexity index is 27.3. The van der Waals surface area contributed by atoms with Crippen LogP contribution in [0.15, 0.2) is 0 Å². The van der Waals surface area contributed by atoms with Crippen molar-refractivity contribution in [2.75, 3.05) is 26.4 Å². The molecule has 0 unspecified atom stereocenters. The summed E-state index contributed by atoms with van der Waals surface area (Å²) in [6, 6.07) is 0. The summed E-state index contributed by atoms with van der Waals surface area (Å²) in [5.41, 5.74) is 0. The van der Waals surface area contributed by atoms with Crippen LogP contribution in [0.4, 0.5) is 0 Å². The zero-order valence-electron chi connectivity index (χ0n) is 9.88. The molecule has 0 radical (unpaired) electrons. The summed E-state index contributed by atoms with van der Waals surface area (Å²) in [5.74, 6) is 0. The van der Waals surface area contributed by atoms with Crippen molar-refractivity contribution in [3.05, 3.63) is 0 Å². The molecule has 0 bridgehead atoms. The molecule has 0 fully saturated rings. The van der Waals surface area contributed by atoms with Crippen LogP contribution in [0.2, 0.25) is 0 Å². The smallest absolute Gasteiger partial charge is 0.855 e. The molecular formula is C8H20O4Sr2. The van der Waals surface area contributed by atoms with Gasteiger partial charge in [-0.25, -0.2) is 0 Å². The fourth-order valence-corrected chi connectivity index (χ4v) is 0. The summed E-state index contributed by atoms with van der Waals surface area (Å²) in [6.07, 6.45) is 0. The van der Waals surface area contributed by atoms with E-state index in [2.05, 4.69) is 0 Å². The predicted octanol–water partition coefficient (Wildman–Crippen LogP) is -3.30. The summed E-state index contributed by atoms with van der Waals surface area (Å²) >= 11 is 0. The third-order valence-corrected chi connectivity index (χ3v) is 0. The van der Waals surface area contributed by atoms with E-state index in [9.17, 15) is 0 Å². The van der Waals surface area contributed by atoms with Gasteiger partial charge in [-0.15, -0.1) is 26.4 Å². The van der Waals surface area contributed by atoms with E-state index in [0.29, 0.717) is 0 Å². The van der Waals surface area contributed by atoms with Crippen molar-refractivity contribution >= 4 is 91.0 Å². The minimum absolute atomic E-state index is 0. The quantitative estimate of drug-likeness (QED) is 0.426. The molecule has 4 nitrogen and oxygen atoms in total. The van der Waals surface area contributed by atoms with Crippen LogP contribution in [0, 0.1) is 0 Å². The Kier molecular flexibility index (Phi) is 192. The number of rotatable bonds is 0. The van der Waals surface area contributed by atoms with Crippen molar-refractivity contribution in [2.24, 2.45) is 0 Å². The van der Waals surface area contributed by atoms with Crippen molar-refractivity contribution < 1.29 is 20.4 Å². The van der Waals surface area contributed by atoms with Crippen LogP contribution in [0.5, 0.6) is 0 Å². The summed E-state index contributed by atoms with van der Waals surface area (Å²) in [6.45, 7) is 6.28. The van der Waals surface area contributed by atoms with Gasteiger partial charge in [0.1, 0.15) is 0 Å². The first-order valence-electron chi connectivity index (χ1n) is 3.98. The average Bonchev–Trinajstić information content (AvgIpc) is 1.92. The van der Waals surface area contributed by atoms with Gasteiger partial charge in [-0.2, -0.15) is 0 Å². The van der Waals surface area contributed by atoms with Crippen molar-refractivity contribution in [1.29, 1.82) is 0 Å². The predicted molar refractivity (Wildman–Crippen MR) is 53.7 cm³/mol. The first kappa shape index (κ1) is 36.0. The Labute approximate surface area is 162 Å². The number of hydrogen-bond acceptors (Lipinski definition) is 4.